The Morgan fingerprint density at radius 1 is 1.05 bits per heavy atom. The van der Waals surface area contributed by atoms with Crippen LogP contribution in [0, 0.1) is 17.6 Å². The van der Waals surface area contributed by atoms with Gasteiger partial charge in [-0.05, 0) is 54.3 Å². The number of aliphatic hydroxyl groups is 1. The lowest BCUT2D eigenvalue weighted by Crippen LogP contribution is -2.38. The molecule has 9 rings (SSSR count). The number of fused-ring (bicyclic) bond motifs is 5. The minimum Gasteiger partial charge on any atom is -0.390 e. The van der Waals surface area contributed by atoms with Crippen LogP contribution in [0.2, 0.25) is 5.02 Å². The SMILES string of the molecule is Cn1nc(NS(C)(=O)=O)c2c(Cl)ccc(-n3c([C@H](Cc4cc(F)cc(F)c4)NC(=O)Cn4nc(C(F)F)c5c4C(F)(F)[C@@H]4C[C@H]54)nc4cc(-c5nccnc5CO)ccc4c3=O)c21. The molecule has 1 amide bonds. The normalized spacial score (nSPS) is 17.0. The molecule has 7 aromatic rings. The largest absolute Gasteiger partial charge is 0.390 e. The van der Waals surface area contributed by atoms with Crippen LogP contribution in [0.5, 0.6) is 0 Å². The molecule has 2 aliphatic rings. The fourth-order valence-corrected chi connectivity index (χ4v) is 9.19. The summed E-state index contributed by atoms with van der Waals surface area (Å²) in [6, 6.07) is 8.10. The summed E-state index contributed by atoms with van der Waals surface area (Å²) in [5.41, 5.74) is -2.01. The van der Waals surface area contributed by atoms with Gasteiger partial charge in [-0.1, -0.05) is 17.7 Å². The Labute approximate surface area is 356 Å². The van der Waals surface area contributed by atoms with Crippen LogP contribution < -0.4 is 15.6 Å². The second-order valence-corrected chi connectivity index (χ2v) is 17.4. The number of benzene rings is 3. The van der Waals surface area contributed by atoms with Crippen LogP contribution in [-0.4, -0.2) is 64.8 Å². The zero-order valence-electron chi connectivity index (χ0n) is 32.6. The van der Waals surface area contributed by atoms with Gasteiger partial charge in [-0.2, -0.15) is 19.0 Å². The predicted octanol–water partition coefficient (Wildman–Crippen LogP) is 5.97. The Balaban J connectivity index is 1.27. The summed E-state index contributed by atoms with van der Waals surface area (Å²) in [6.45, 7) is -1.51. The average Bonchev–Trinajstić information content (AvgIpc) is 3.75. The molecule has 3 atom stereocenters. The number of aryl methyl sites for hydroxylation is 1. The van der Waals surface area contributed by atoms with E-state index in [1.165, 1.54) is 54.5 Å². The maximum atomic E-state index is 15.5. The lowest BCUT2D eigenvalue weighted by atomic mass is 10.0. The van der Waals surface area contributed by atoms with Crippen molar-refractivity contribution in [2.24, 2.45) is 13.0 Å². The van der Waals surface area contributed by atoms with E-state index in [1.54, 1.807) is 0 Å². The molecule has 0 bridgehead atoms. The molecule has 15 nitrogen and oxygen atoms in total. The molecule has 0 radical (unpaired) electrons. The Morgan fingerprint density at radius 3 is 2.48 bits per heavy atom. The number of amides is 1. The highest BCUT2D eigenvalue weighted by atomic mass is 35.5. The average molecular weight is 913 g/mol. The van der Waals surface area contributed by atoms with Crippen molar-refractivity contribution < 1.29 is 44.7 Å². The van der Waals surface area contributed by atoms with Crippen molar-refractivity contribution in [1.82, 2.24) is 44.4 Å². The summed E-state index contributed by atoms with van der Waals surface area (Å²) in [5.74, 6) is -9.23. The summed E-state index contributed by atoms with van der Waals surface area (Å²) >= 11 is 6.62. The molecular formula is C40H31ClF6N10O5S. The maximum absolute atomic E-state index is 15.5. The van der Waals surface area contributed by atoms with Crippen LogP contribution in [0.1, 0.15) is 58.8 Å². The minimum atomic E-state index is -3.93. The van der Waals surface area contributed by atoms with Gasteiger partial charge in [-0.3, -0.25) is 38.2 Å². The van der Waals surface area contributed by atoms with Crippen LogP contribution in [0.25, 0.3) is 38.8 Å². The number of halogens is 7. The third-order valence-corrected chi connectivity index (χ3v) is 11.9. The summed E-state index contributed by atoms with van der Waals surface area (Å²) in [7, 11) is -2.50. The molecule has 4 heterocycles. The van der Waals surface area contributed by atoms with Crippen molar-refractivity contribution in [2.75, 3.05) is 11.0 Å². The van der Waals surface area contributed by atoms with Crippen LogP contribution in [0.3, 0.4) is 0 Å². The first-order chi connectivity index (χ1) is 29.8. The topological polar surface area (TPSA) is 192 Å². The Bertz CT molecular complexity index is 3210. The summed E-state index contributed by atoms with van der Waals surface area (Å²) in [6.07, 6.45) is -0.107. The Kier molecular flexibility index (Phi) is 10.1. The molecule has 0 aliphatic heterocycles. The number of nitrogens with one attached hydrogen (secondary N) is 2. The van der Waals surface area contributed by atoms with Crippen LogP contribution >= 0.6 is 11.6 Å². The van der Waals surface area contributed by atoms with Gasteiger partial charge >= 0.3 is 0 Å². The van der Waals surface area contributed by atoms with E-state index in [4.69, 9.17) is 16.6 Å². The van der Waals surface area contributed by atoms with Gasteiger partial charge in [0, 0.05) is 49.0 Å². The molecule has 326 valence electrons. The van der Waals surface area contributed by atoms with Crippen LogP contribution in [-0.2, 0) is 47.4 Å². The van der Waals surface area contributed by atoms with Gasteiger partial charge < -0.3 is 10.4 Å². The lowest BCUT2D eigenvalue weighted by molar-refractivity contribution is -0.123. The van der Waals surface area contributed by atoms with Gasteiger partial charge in [0.2, 0.25) is 15.9 Å². The van der Waals surface area contributed by atoms with Crippen molar-refractivity contribution in [1.29, 1.82) is 0 Å². The molecule has 0 unspecified atom stereocenters. The third-order valence-electron chi connectivity index (χ3n) is 11.0. The highest BCUT2D eigenvalue weighted by molar-refractivity contribution is 7.92. The quantitative estimate of drug-likeness (QED) is 0.123. The number of hydrogen-bond acceptors (Lipinski definition) is 10. The number of nitrogens with zero attached hydrogens (tertiary/aromatic N) is 8. The molecule has 3 N–H and O–H groups in total. The first-order valence-electron chi connectivity index (χ1n) is 19.0. The van der Waals surface area contributed by atoms with E-state index >= 15 is 13.6 Å². The van der Waals surface area contributed by atoms with Crippen molar-refractivity contribution >= 4 is 55.2 Å². The van der Waals surface area contributed by atoms with Gasteiger partial charge in [0.25, 0.3) is 17.9 Å². The van der Waals surface area contributed by atoms with Gasteiger partial charge in [-0.15, -0.1) is 0 Å². The molecule has 0 saturated heterocycles. The molecule has 0 spiro atoms. The molecule has 3 aromatic carbocycles. The number of aliphatic hydroxyl groups excluding tert-OH is 1. The number of rotatable bonds is 12. The monoisotopic (exact) mass is 912 g/mol. The summed E-state index contributed by atoms with van der Waals surface area (Å²) in [4.78, 5) is 42.5. The number of carbonyl (C=O) groups is 1. The summed E-state index contributed by atoms with van der Waals surface area (Å²) < 4.78 is 119. The van der Waals surface area contributed by atoms with E-state index in [1.807, 2.05) is 0 Å². The van der Waals surface area contributed by atoms with Crippen molar-refractivity contribution in [3.8, 4) is 16.9 Å². The molecule has 63 heavy (non-hydrogen) atoms. The zero-order chi connectivity index (χ0) is 44.9. The van der Waals surface area contributed by atoms with Gasteiger partial charge in [0.1, 0.15) is 35.4 Å². The van der Waals surface area contributed by atoms with E-state index in [0.717, 1.165) is 23.0 Å². The Hall–Kier alpha value is -6.39. The lowest BCUT2D eigenvalue weighted by Gasteiger charge is -2.24. The van der Waals surface area contributed by atoms with Crippen molar-refractivity contribution in [2.45, 2.75) is 50.3 Å². The standard InChI is InChI=1S/C40H31ClF6N10O5S/c1-55-34-28(6-5-24(41)31(34)37(53-55)54-63(2,61)62)57-38(51-25-12-18(3-4-21(25)39(57)60)32-27(16-58)48-7-8-49-32)26(11-17-9-19(42)13-20(43)10-17)50-29(59)15-56-35-30(33(52-56)36(44)45)22-14-23(22)40(35,46)47/h3-10,12-13,22-23,26,36,58H,11,14-16H2,1-2H3,(H,50,59)(H,53,54)/t22-,23+,26-/m0/s1. The fraction of sp³-hybridized carbons (Fsp3) is 0.275. The first-order valence-corrected chi connectivity index (χ1v) is 21.2. The van der Waals surface area contributed by atoms with Crippen molar-refractivity contribution in [3.63, 3.8) is 0 Å². The minimum absolute atomic E-state index is 0.00842. The molecular weight excluding hydrogens is 882 g/mol. The molecule has 2 aliphatic carbocycles. The highest BCUT2D eigenvalue weighted by Crippen LogP contribution is 2.68. The third kappa shape index (κ3) is 7.34. The van der Waals surface area contributed by atoms with E-state index in [9.17, 15) is 35.9 Å². The number of sulfonamides is 1. The number of carbonyl (C=O) groups excluding carboxylic acids is 1. The number of hydrogen-bond donors (Lipinski definition) is 3. The molecule has 1 fully saturated rings. The van der Waals surface area contributed by atoms with Crippen LogP contribution in [0.4, 0.5) is 32.2 Å². The smallest absolute Gasteiger partial charge is 0.293 e. The van der Waals surface area contributed by atoms with E-state index in [0.29, 0.717) is 16.3 Å². The van der Waals surface area contributed by atoms with Gasteiger partial charge in [0.05, 0.1) is 62.8 Å². The van der Waals surface area contributed by atoms with Gasteiger partial charge in [0.15, 0.2) is 5.82 Å². The second kappa shape index (κ2) is 15.2. The van der Waals surface area contributed by atoms with Crippen LogP contribution in [0.15, 0.2) is 65.7 Å². The zero-order valence-corrected chi connectivity index (χ0v) is 34.2. The van der Waals surface area contributed by atoms with Gasteiger partial charge in [-0.25, -0.2) is 31.0 Å². The Morgan fingerprint density at radius 2 is 1.78 bits per heavy atom. The molecule has 23 heteroatoms. The van der Waals surface area contributed by atoms with E-state index in [-0.39, 0.29) is 73.1 Å². The van der Waals surface area contributed by atoms with E-state index in [2.05, 4.69) is 30.2 Å². The molecule has 4 aromatic heterocycles. The fourth-order valence-electron chi connectivity index (χ4n) is 8.45. The summed E-state index contributed by atoms with van der Waals surface area (Å²) in [5, 5.41) is 20.7. The number of aromatic nitrogens is 8. The maximum Gasteiger partial charge on any atom is 0.293 e. The second-order valence-electron chi connectivity index (χ2n) is 15.3. The van der Waals surface area contributed by atoms with E-state index < -0.39 is 94.3 Å². The first kappa shape index (κ1) is 41.9. The molecule has 1 saturated carbocycles. The number of anilines is 1. The predicted molar refractivity (Wildman–Crippen MR) is 215 cm³/mol. The number of alkyl halides is 4. The highest BCUT2D eigenvalue weighted by Gasteiger charge is 2.67. The van der Waals surface area contributed by atoms with Crippen molar-refractivity contribution in [3.05, 3.63) is 122 Å².